The van der Waals surface area contributed by atoms with Crippen LogP contribution in [-0.2, 0) is 4.79 Å². The Hall–Kier alpha value is -2.53. The summed E-state index contributed by atoms with van der Waals surface area (Å²) in [6.07, 6.45) is -0.249. The molecule has 26 heavy (non-hydrogen) atoms. The van der Waals surface area contributed by atoms with Crippen molar-refractivity contribution in [1.82, 2.24) is 4.90 Å². The SMILES string of the molecule is COc1ccc(C(O)C(=O)N2CCCN(c3ccccc3C)CC2)cc1. The zero-order valence-electron chi connectivity index (χ0n) is 15.4. The maximum absolute atomic E-state index is 12.7. The van der Waals surface area contributed by atoms with Gasteiger partial charge >= 0.3 is 0 Å². The van der Waals surface area contributed by atoms with Crippen LogP contribution in [0.15, 0.2) is 48.5 Å². The second-order valence-electron chi connectivity index (χ2n) is 6.63. The maximum Gasteiger partial charge on any atom is 0.256 e. The molecular weight excluding hydrogens is 328 g/mol. The van der Waals surface area contributed by atoms with Crippen molar-refractivity contribution in [2.75, 3.05) is 38.2 Å². The van der Waals surface area contributed by atoms with Gasteiger partial charge in [0.15, 0.2) is 6.10 Å². The molecule has 2 aromatic rings. The number of nitrogens with zero attached hydrogens (tertiary/aromatic N) is 2. The number of carbonyl (C=O) groups is 1. The largest absolute Gasteiger partial charge is 0.497 e. The minimum absolute atomic E-state index is 0.234. The standard InChI is InChI=1S/C21H26N2O3/c1-16-6-3-4-7-19(16)22-12-5-13-23(15-14-22)21(25)20(24)17-8-10-18(26-2)11-9-17/h3-4,6-11,20,24H,5,12-15H2,1-2H3. The molecule has 0 aliphatic carbocycles. The highest BCUT2D eigenvalue weighted by Gasteiger charge is 2.26. The Kier molecular flexibility index (Phi) is 5.78. The Morgan fingerprint density at radius 1 is 1.04 bits per heavy atom. The highest BCUT2D eigenvalue weighted by atomic mass is 16.5. The molecule has 5 heteroatoms. The third-order valence-electron chi connectivity index (χ3n) is 4.93. The first-order valence-corrected chi connectivity index (χ1v) is 9.01. The second-order valence-corrected chi connectivity index (χ2v) is 6.63. The molecule has 138 valence electrons. The fourth-order valence-electron chi connectivity index (χ4n) is 3.40. The van der Waals surface area contributed by atoms with Crippen LogP contribution in [0.3, 0.4) is 0 Å². The topological polar surface area (TPSA) is 53.0 Å². The Morgan fingerprint density at radius 3 is 2.46 bits per heavy atom. The van der Waals surface area contributed by atoms with Crippen LogP contribution < -0.4 is 9.64 Å². The zero-order chi connectivity index (χ0) is 18.5. The van der Waals surface area contributed by atoms with E-state index in [1.807, 2.05) is 12.1 Å². The Morgan fingerprint density at radius 2 is 1.77 bits per heavy atom. The highest BCUT2D eigenvalue weighted by Crippen LogP contribution is 2.23. The molecule has 1 saturated heterocycles. The van der Waals surface area contributed by atoms with Crippen LogP contribution >= 0.6 is 0 Å². The van der Waals surface area contributed by atoms with Crippen LogP contribution in [0.2, 0.25) is 0 Å². The van der Waals surface area contributed by atoms with Gasteiger partial charge in [0.05, 0.1) is 7.11 Å². The summed E-state index contributed by atoms with van der Waals surface area (Å²) in [4.78, 5) is 16.8. The number of carbonyl (C=O) groups excluding carboxylic acids is 1. The molecule has 1 aliphatic rings. The van der Waals surface area contributed by atoms with Gasteiger partial charge in [-0.3, -0.25) is 4.79 Å². The molecule has 1 atom stereocenters. The van der Waals surface area contributed by atoms with Crippen molar-refractivity contribution in [3.63, 3.8) is 0 Å². The molecule has 3 rings (SSSR count). The third-order valence-corrected chi connectivity index (χ3v) is 4.93. The minimum Gasteiger partial charge on any atom is -0.497 e. The molecule has 0 aromatic heterocycles. The molecule has 0 radical (unpaired) electrons. The number of hydrogen-bond donors (Lipinski definition) is 1. The summed E-state index contributed by atoms with van der Waals surface area (Å²) in [5.74, 6) is 0.471. The van der Waals surface area contributed by atoms with Crippen molar-refractivity contribution in [3.8, 4) is 5.75 Å². The van der Waals surface area contributed by atoms with Crippen molar-refractivity contribution < 1.29 is 14.6 Å². The number of methoxy groups -OCH3 is 1. The molecule has 1 fully saturated rings. The number of anilines is 1. The van der Waals surface area contributed by atoms with Gasteiger partial charge in [-0.15, -0.1) is 0 Å². The van der Waals surface area contributed by atoms with Gasteiger partial charge in [0.1, 0.15) is 5.75 Å². The van der Waals surface area contributed by atoms with Crippen LogP contribution in [0.5, 0.6) is 5.75 Å². The van der Waals surface area contributed by atoms with Crippen LogP contribution in [0.4, 0.5) is 5.69 Å². The molecule has 0 saturated carbocycles. The number of ether oxygens (including phenoxy) is 1. The average molecular weight is 354 g/mol. The van der Waals surface area contributed by atoms with E-state index in [4.69, 9.17) is 4.74 Å². The summed E-state index contributed by atoms with van der Waals surface area (Å²) in [6.45, 7) is 5.06. The van der Waals surface area contributed by atoms with E-state index in [1.54, 1.807) is 36.3 Å². The molecule has 1 amide bonds. The normalized spacial score (nSPS) is 16.1. The smallest absolute Gasteiger partial charge is 0.256 e. The van der Waals surface area contributed by atoms with E-state index >= 15 is 0 Å². The average Bonchev–Trinajstić information content (AvgIpc) is 2.93. The number of amides is 1. The summed E-state index contributed by atoms with van der Waals surface area (Å²) in [6, 6.07) is 15.3. The molecule has 0 spiro atoms. The monoisotopic (exact) mass is 354 g/mol. The van der Waals surface area contributed by atoms with E-state index < -0.39 is 6.10 Å². The maximum atomic E-state index is 12.7. The van der Waals surface area contributed by atoms with Crippen molar-refractivity contribution in [3.05, 3.63) is 59.7 Å². The molecule has 0 bridgehead atoms. The van der Waals surface area contributed by atoms with Crippen molar-refractivity contribution in [2.24, 2.45) is 0 Å². The molecule has 1 aliphatic heterocycles. The number of benzene rings is 2. The van der Waals surface area contributed by atoms with Gasteiger partial charge in [-0.1, -0.05) is 30.3 Å². The number of para-hydroxylation sites is 1. The lowest BCUT2D eigenvalue weighted by atomic mass is 10.1. The molecule has 5 nitrogen and oxygen atoms in total. The number of hydrogen-bond acceptors (Lipinski definition) is 4. The number of aryl methyl sites for hydroxylation is 1. The fraction of sp³-hybridized carbons (Fsp3) is 0.381. The van der Waals surface area contributed by atoms with Gasteiger partial charge in [-0.05, 0) is 42.7 Å². The lowest BCUT2D eigenvalue weighted by molar-refractivity contribution is -0.140. The van der Waals surface area contributed by atoms with Crippen LogP contribution in [0, 0.1) is 6.92 Å². The highest BCUT2D eigenvalue weighted by molar-refractivity contribution is 5.82. The summed E-state index contributed by atoms with van der Waals surface area (Å²) in [5.41, 5.74) is 3.05. The van der Waals surface area contributed by atoms with E-state index in [0.29, 0.717) is 24.4 Å². The lowest BCUT2D eigenvalue weighted by Gasteiger charge is -2.26. The van der Waals surface area contributed by atoms with Crippen molar-refractivity contribution in [2.45, 2.75) is 19.4 Å². The fourth-order valence-corrected chi connectivity index (χ4v) is 3.40. The van der Waals surface area contributed by atoms with E-state index in [2.05, 4.69) is 24.0 Å². The third kappa shape index (κ3) is 3.99. The predicted octanol–water partition coefficient (Wildman–Crippen LogP) is 2.78. The van der Waals surface area contributed by atoms with Gasteiger partial charge in [-0.25, -0.2) is 0 Å². The molecular formula is C21H26N2O3. The number of aliphatic hydroxyl groups excluding tert-OH is 1. The quantitative estimate of drug-likeness (QED) is 0.917. The Bertz CT molecular complexity index is 745. The first-order valence-electron chi connectivity index (χ1n) is 9.01. The van der Waals surface area contributed by atoms with E-state index in [-0.39, 0.29) is 5.91 Å². The Balaban J connectivity index is 1.66. The van der Waals surface area contributed by atoms with Crippen molar-refractivity contribution >= 4 is 11.6 Å². The zero-order valence-corrected chi connectivity index (χ0v) is 15.4. The van der Waals surface area contributed by atoms with E-state index in [9.17, 15) is 9.90 Å². The Labute approximate surface area is 154 Å². The van der Waals surface area contributed by atoms with Crippen LogP contribution in [0.1, 0.15) is 23.7 Å². The first-order chi connectivity index (χ1) is 12.6. The second kappa shape index (κ2) is 8.23. The van der Waals surface area contributed by atoms with Crippen LogP contribution in [0.25, 0.3) is 0 Å². The van der Waals surface area contributed by atoms with Gasteiger partial charge in [0.25, 0.3) is 5.91 Å². The van der Waals surface area contributed by atoms with Crippen molar-refractivity contribution in [1.29, 1.82) is 0 Å². The summed E-state index contributed by atoms with van der Waals surface area (Å²) < 4.78 is 5.12. The number of aliphatic hydroxyl groups is 1. The summed E-state index contributed by atoms with van der Waals surface area (Å²) >= 11 is 0. The summed E-state index contributed by atoms with van der Waals surface area (Å²) in [7, 11) is 1.59. The van der Waals surface area contributed by atoms with E-state index in [1.165, 1.54) is 11.3 Å². The van der Waals surface area contributed by atoms with Gasteiger partial charge in [0.2, 0.25) is 0 Å². The van der Waals surface area contributed by atoms with Gasteiger partial charge < -0.3 is 19.6 Å². The lowest BCUT2D eigenvalue weighted by Crippen LogP contribution is -2.38. The molecule has 1 N–H and O–H groups in total. The van der Waals surface area contributed by atoms with Gasteiger partial charge in [-0.2, -0.15) is 0 Å². The van der Waals surface area contributed by atoms with Gasteiger partial charge in [0, 0.05) is 31.9 Å². The predicted molar refractivity (Wildman–Crippen MR) is 103 cm³/mol. The molecule has 1 heterocycles. The molecule has 1 unspecified atom stereocenters. The summed E-state index contributed by atoms with van der Waals surface area (Å²) in [5, 5.41) is 10.5. The first kappa shape index (κ1) is 18.3. The minimum atomic E-state index is -1.13. The molecule has 2 aromatic carbocycles. The number of rotatable bonds is 4. The van der Waals surface area contributed by atoms with Crippen LogP contribution in [-0.4, -0.2) is 49.2 Å². The van der Waals surface area contributed by atoms with E-state index in [0.717, 1.165) is 19.5 Å².